The lowest BCUT2D eigenvalue weighted by molar-refractivity contribution is -0.140. The minimum Gasteiger partial charge on any atom is -0.267 e. The molecule has 6 heteroatoms. The molecule has 0 N–H and O–H groups in total. The van der Waals surface area contributed by atoms with Gasteiger partial charge in [-0.25, -0.2) is 0 Å². The van der Waals surface area contributed by atoms with Crippen molar-refractivity contribution in [3.63, 3.8) is 0 Å². The van der Waals surface area contributed by atoms with E-state index in [2.05, 4.69) is 10.1 Å². The summed E-state index contributed by atoms with van der Waals surface area (Å²) in [5.74, 6) is 0. The molecule has 0 aliphatic rings. The molecule has 3 nitrogen and oxygen atoms in total. The molecule has 74 valence electrons. The zero-order valence-corrected chi connectivity index (χ0v) is 7.21. The van der Waals surface area contributed by atoms with Crippen molar-refractivity contribution in [3.05, 3.63) is 24.2 Å². The van der Waals surface area contributed by atoms with Crippen LogP contribution in [0.5, 0.6) is 0 Å². The molecule has 14 heavy (non-hydrogen) atoms. The summed E-state index contributed by atoms with van der Waals surface area (Å²) in [6.07, 6.45) is -1.82. The molecule has 0 aromatic carbocycles. The fraction of sp³-hybridized carbons (Fsp3) is 0.250. The van der Waals surface area contributed by atoms with Gasteiger partial charge in [-0.1, -0.05) is 0 Å². The van der Waals surface area contributed by atoms with E-state index in [0.717, 1.165) is 0 Å². The fourth-order valence-electron chi connectivity index (χ4n) is 1.32. The summed E-state index contributed by atoms with van der Waals surface area (Å²) in [7, 11) is 1.47. The van der Waals surface area contributed by atoms with Gasteiger partial charge in [-0.3, -0.25) is 9.67 Å². The van der Waals surface area contributed by atoms with Crippen molar-refractivity contribution >= 4 is 10.9 Å². The number of aromatic nitrogens is 3. The van der Waals surface area contributed by atoms with Crippen molar-refractivity contribution in [1.29, 1.82) is 0 Å². The lowest BCUT2D eigenvalue weighted by Gasteiger charge is -2.00. The van der Waals surface area contributed by atoms with Gasteiger partial charge in [0, 0.05) is 19.4 Å². The molecule has 2 heterocycles. The van der Waals surface area contributed by atoms with E-state index in [1.54, 1.807) is 0 Å². The number of nitrogens with zero attached hydrogens (tertiary/aromatic N) is 3. The van der Waals surface area contributed by atoms with Gasteiger partial charge < -0.3 is 0 Å². The van der Waals surface area contributed by atoms with Crippen LogP contribution in [0, 0.1) is 0 Å². The molecule has 0 atom stereocenters. The number of hydrogen-bond acceptors (Lipinski definition) is 2. The number of hydrogen-bond donors (Lipinski definition) is 0. The minimum atomic E-state index is -4.43. The van der Waals surface area contributed by atoms with Crippen molar-refractivity contribution in [2.24, 2.45) is 7.05 Å². The average Bonchev–Trinajstić information content (AvgIpc) is 2.44. The monoisotopic (exact) mass is 201 g/mol. The second-order valence-corrected chi connectivity index (χ2v) is 2.86. The van der Waals surface area contributed by atoms with E-state index in [1.165, 1.54) is 30.2 Å². The molecule has 0 fully saturated rings. The third-order valence-corrected chi connectivity index (χ3v) is 1.92. The third-order valence-electron chi connectivity index (χ3n) is 1.92. The SMILES string of the molecule is Cn1nc(C(F)(F)F)c2cnccc21. The summed E-state index contributed by atoms with van der Waals surface area (Å²) < 4.78 is 38.5. The maximum Gasteiger partial charge on any atom is 0.435 e. The number of aryl methyl sites for hydroxylation is 1. The quantitative estimate of drug-likeness (QED) is 0.652. The summed E-state index contributed by atoms with van der Waals surface area (Å²) in [4.78, 5) is 3.65. The van der Waals surface area contributed by atoms with Crippen LogP contribution in [0.15, 0.2) is 18.5 Å². The van der Waals surface area contributed by atoms with Crippen LogP contribution in [-0.2, 0) is 13.2 Å². The first-order valence-corrected chi connectivity index (χ1v) is 3.84. The van der Waals surface area contributed by atoms with Crippen LogP contribution in [0.25, 0.3) is 10.9 Å². The summed E-state index contributed by atoms with van der Waals surface area (Å²) in [6, 6.07) is 1.50. The van der Waals surface area contributed by atoms with Gasteiger partial charge in [-0.05, 0) is 6.07 Å². The van der Waals surface area contributed by atoms with E-state index in [9.17, 15) is 13.2 Å². The Kier molecular flexibility index (Phi) is 1.73. The molecule has 2 aromatic rings. The van der Waals surface area contributed by atoms with E-state index in [-0.39, 0.29) is 5.39 Å². The predicted octanol–water partition coefficient (Wildman–Crippen LogP) is 1.99. The summed E-state index contributed by atoms with van der Waals surface area (Å²) >= 11 is 0. The van der Waals surface area contributed by atoms with Crippen LogP contribution in [-0.4, -0.2) is 14.8 Å². The lowest BCUT2D eigenvalue weighted by atomic mass is 10.2. The van der Waals surface area contributed by atoms with E-state index in [0.29, 0.717) is 5.52 Å². The molecule has 0 saturated heterocycles. The Morgan fingerprint density at radius 3 is 2.71 bits per heavy atom. The van der Waals surface area contributed by atoms with Crippen LogP contribution < -0.4 is 0 Å². The largest absolute Gasteiger partial charge is 0.435 e. The topological polar surface area (TPSA) is 30.7 Å². The standard InChI is InChI=1S/C8H6F3N3/c1-14-6-2-3-12-4-5(6)7(13-14)8(9,10)11/h2-4H,1H3. The van der Waals surface area contributed by atoms with Crippen molar-refractivity contribution in [2.45, 2.75) is 6.18 Å². The maximum absolute atomic E-state index is 12.4. The molecule has 0 bridgehead atoms. The summed E-state index contributed by atoms with van der Waals surface area (Å²) in [6.45, 7) is 0. The van der Waals surface area contributed by atoms with Gasteiger partial charge in [0.05, 0.1) is 10.9 Å². The molecular weight excluding hydrogens is 195 g/mol. The number of halogens is 3. The van der Waals surface area contributed by atoms with E-state index >= 15 is 0 Å². The van der Waals surface area contributed by atoms with E-state index < -0.39 is 11.9 Å². The molecule has 0 amide bonds. The third kappa shape index (κ3) is 1.23. The number of pyridine rings is 1. The van der Waals surface area contributed by atoms with Gasteiger partial charge in [0.15, 0.2) is 5.69 Å². The first kappa shape index (κ1) is 8.98. The molecular formula is C8H6F3N3. The van der Waals surface area contributed by atoms with E-state index in [4.69, 9.17) is 0 Å². The number of rotatable bonds is 0. The van der Waals surface area contributed by atoms with Crippen molar-refractivity contribution in [3.8, 4) is 0 Å². The van der Waals surface area contributed by atoms with Gasteiger partial charge in [0.2, 0.25) is 0 Å². The van der Waals surface area contributed by atoms with Gasteiger partial charge in [0.25, 0.3) is 0 Å². The average molecular weight is 201 g/mol. The smallest absolute Gasteiger partial charge is 0.267 e. The number of fused-ring (bicyclic) bond motifs is 1. The molecule has 0 unspecified atom stereocenters. The highest BCUT2D eigenvalue weighted by Crippen LogP contribution is 2.32. The highest BCUT2D eigenvalue weighted by Gasteiger charge is 2.36. The summed E-state index contributed by atoms with van der Waals surface area (Å²) in [5.41, 5.74) is -0.463. The van der Waals surface area contributed by atoms with E-state index in [1.807, 2.05) is 0 Å². The van der Waals surface area contributed by atoms with Gasteiger partial charge >= 0.3 is 6.18 Å². The molecule has 0 spiro atoms. The minimum absolute atomic E-state index is 0.0301. The highest BCUT2D eigenvalue weighted by atomic mass is 19.4. The van der Waals surface area contributed by atoms with Crippen LogP contribution >= 0.6 is 0 Å². The Hall–Kier alpha value is -1.59. The maximum atomic E-state index is 12.4. The molecule has 0 aliphatic heterocycles. The first-order valence-electron chi connectivity index (χ1n) is 3.84. The lowest BCUT2D eigenvalue weighted by Crippen LogP contribution is -2.07. The van der Waals surface area contributed by atoms with Crippen LogP contribution in [0.4, 0.5) is 13.2 Å². The molecule has 0 aliphatic carbocycles. The fourth-order valence-corrected chi connectivity index (χ4v) is 1.32. The second kappa shape index (κ2) is 2.70. The van der Waals surface area contributed by atoms with Crippen molar-refractivity contribution in [1.82, 2.24) is 14.8 Å². The zero-order valence-electron chi connectivity index (χ0n) is 7.21. The first-order chi connectivity index (χ1) is 6.50. The second-order valence-electron chi connectivity index (χ2n) is 2.86. The molecule has 0 saturated carbocycles. The summed E-state index contributed by atoms with van der Waals surface area (Å²) in [5, 5.41) is 3.44. The Labute approximate surface area is 77.2 Å². The predicted molar refractivity (Wildman–Crippen MR) is 43.5 cm³/mol. The van der Waals surface area contributed by atoms with Crippen LogP contribution in [0.2, 0.25) is 0 Å². The molecule has 2 aromatic heterocycles. The highest BCUT2D eigenvalue weighted by molar-refractivity contribution is 5.81. The van der Waals surface area contributed by atoms with Crippen molar-refractivity contribution < 1.29 is 13.2 Å². The Balaban J connectivity index is 2.80. The molecule has 2 rings (SSSR count). The van der Waals surface area contributed by atoms with Gasteiger partial charge in [0.1, 0.15) is 0 Å². The van der Waals surface area contributed by atoms with Gasteiger partial charge in [-0.2, -0.15) is 18.3 Å². The van der Waals surface area contributed by atoms with Crippen LogP contribution in [0.1, 0.15) is 5.69 Å². The van der Waals surface area contributed by atoms with Crippen LogP contribution in [0.3, 0.4) is 0 Å². The van der Waals surface area contributed by atoms with Crippen molar-refractivity contribution in [2.75, 3.05) is 0 Å². The number of alkyl halides is 3. The zero-order chi connectivity index (χ0) is 10.3. The Bertz CT molecular complexity index is 472. The normalized spacial score (nSPS) is 12.3. The molecule has 0 radical (unpaired) electrons. The Morgan fingerprint density at radius 2 is 2.07 bits per heavy atom. The Morgan fingerprint density at radius 1 is 1.36 bits per heavy atom. The van der Waals surface area contributed by atoms with Gasteiger partial charge in [-0.15, -0.1) is 0 Å².